The normalized spacial score (nSPS) is 21.0. The zero-order chi connectivity index (χ0) is 17.7. The van der Waals surface area contributed by atoms with Crippen LogP contribution in [0.15, 0.2) is 22.8 Å². The van der Waals surface area contributed by atoms with Crippen molar-refractivity contribution in [3.8, 4) is 0 Å². The zero-order valence-corrected chi connectivity index (χ0v) is 15.4. The SMILES string of the molecule is CCN(CC(=O)O)C1CC(NC(=O)NC(C)c2ccc(Br)cn2)C1. The number of aromatic nitrogens is 1. The summed E-state index contributed by atoms with van der Waals surface area (Å²) in [5.41, 5.74) is 0.790. The van der Waals surface area contributed by atoms with Crippen LogP contribution in [-0.2, 0) is 4.79 Å². The van der Waals surface area contributed by atoms with E-state index in [-0.39, 0.29) is 30.7 Å². The highest BCUT2D eigenvalue weighted by atomic mass is 79.9. The molecule has 1 saturated carbocycles. The molecule has 1 atom stereocenters. The van der Waals surface area contributed by atoms with Crippen LogP contribution in [0.4, 0.5) is 4.79 Å². The number of hydrogen-bond donors (Lipinski definition) is 3. The number of pyridine rings is 1. The minimum atomic E-state index is -0.818. The van der Waals surface area contributed by atoms with Gasteiger partial charge in [0.1, 0.15) is 0 Å². The van der Waals surface area contributed by atoms with Crippen molar-refractivity contribution in [2.75, 3.05) is 13.1 Å². The van der Waals surface area contributed by atoms with Gasteiger partial charge in [0, 0.05) is 22.8 Å². The number of urea groups is 1. The van der Waals surface area contributed by atoms with Gasteiger partial charge in [0.15, 0.2) is 0 Å². The third kappa shape index (κ3) is 5.17. The number of halogens is 1. The molecule has 132 valence electrons. The third-order valence-corrected chi connectivity index (χ3v) is 4.72. The van der Waals surface area contributed by atoms with Crippen LogP contribution < -0.4 is 10.6 Å². The summed E-state index contributed by atoms with van der Waals surface area (Å²) in [7, 11) is 0. The molecule has 2 amide bonds. The second-order valence-electron chi connectivity index (χ2n) is 6.02. The van der Waals surface area contributed by atoms with E-state index in [1.54, 1.807) is 6.20 Å². The molecule has 2 rings (SSSR count). The number of carboxylic acids is 1. The highest BCUT2D eigenvalue weighted by molar-refractivity contribution is 9.10. The van der Waals surface area contributed by atoms with E-state index in [2.05, 4.69) is 31.5 Å². The van der Waals surface area contributed by atoms with Gasteiger partial charge in [-0.2, -0.15) is 0 Å². The molecule has 1 heterocycles. The largest absolute Gasteiger partial charge is 0.480 e. The van der Waals surface area contributed by atoms with Gasteiger partial charge >= 0.3 is 12.0 Å². The molecule has 0 bridgehead atoms. The van der Waals surface area contributed by atoms with Crippen LogP contribution >= 0.6 is 15.9 Å². The van der Waals surface area contributed by atoms with E-state index in [1.807, 2.05) is 30.9 Å². The molecule has 1 aliphatic carbocycles. The van der Waals surface area contributed by atoms with Crippen molar-refractivity contribution >= 4 is 27.9 Å². The summed E-state index contributed by atoms with van der Waals surface area (Å²) in [5.74, 6) is -0.818. The molecule has 0 saturated heterocycles. The minimum Gasteiger partial charge on any atom is -0.480 e. The van der Waals surface area contributed by atoms with Crippen molar-refractivity contribution < 1.29 is 14.7 Å². The molecule has 0 aliphatic heterocycles. The van der Waals surface area contributed by atoms with E-state index in [1.165, 1.54) is 0 Å². The number of carboxylic acid groups (broad SMARTS) is 1. The maximum Gasteiger partial charge on any atom is 0.317 e. The fourth-order valence-corrected chi connectivity index (χ4v) is 3.05. The van der Waals surface area contributed by atoms with Crippen LogP contribution in [-0.4, -0.2) is 52.2 Å². The minimum absolute atomic E-state index is 0.0480. The van der Waals surface area contributed by atoms with Crippen molar-refractivity contribution in [3.63, 3.8) is 0 Å². The van der Waals surface area contributed by atoms with Crippen molar-refractivity contribution in [1.82, 2.24) is 20.5 Å². The number of hydrogen-bond acceptors (Lipinski definition) is 4. The Bertz CT molecular complexity index is 575. The Hall–Kier alpha value is -1.67. The Morgan fingerprint density at radius 2 is 2.17 bits per heavy atom. The first-order valence-corrected chi connectivity index (χ1v) is 8.82. The third-order valence-electron chi connectivity index (χ3n) is 4.25. The molecule has 1 aromatic heterocycles. The van der Waals surface area contributed by atoms with Crippen molar-refractivity contribution in [1.29, 1.82) is 0 Å². The van der Waals surface area contributed by atoms with Gasteiger partial charge in [-0.1, -0.05) is 6.92 Å². The lowest BCUT2D eigenvalue weighted by atomic mass is 9.85. The summed E-state index contributed by atoms with van der Waals surface area (Å²) < 4.78 is 0.894. The first-order chi connectivity index (χ1) is 11.4. The number of amides is 2. The standard InChI is InChI=1S/C16H23BrN4O3/c1-3-21(9-15(22)23)13-6-12(7-13)20-16(24)19-10(2)14-5-4-11(17)8-18-14/h4-5,8,10,12-13H,3,6-7,9H2,1-2H3,(H,22,23)(H2,19,20,24). The maximum absolute atomic E-state index is 12.1. The van der Waals surface area contributed by atoms with Crippen molar-refractivity contribution in [2.24, 2.45) is 0 Å². The average molecular weight is 399 g/mol. The number of likely N-dealkylation sites (N-methyl/N-ethyl adjacent to an activating group) is 1. The van der Waals surface area contributed by atoms with Gasteiger partial charge in [-0.15, -0.1) is 0 Å². The Morgan fingerprint density at radius 1 is 1.46 bits per heavy atom. The molecule has 24 heavy (non-hydrogen) atoms. The van der Waals surface area contributed by atoms with E-state index < -0.39 is 5.97 Å². The highest BCUT2D eigenvalue weighted by Gasteiger charge is 2.34. The van der Waals surface area contributed by atoms with E-state index in [0.29, 0.717) is 6.54 Å². The van der Waals surface area contributed by atoms with Gasteiger partial charge in [-0.3, -0.25) is 14.7 Å². The molecule has 7 nitrogen and oxygen atoms in total. The predicted octanol–water partition coefficient (Wildman–Crippen LogP) is 2.14. The number of nitrogens with zero attached hydrogens (tertiary/aromatic N) is 2. The van der Waals surface area contributed by atoms with Crippen LogP contribution in [0.25, 0.3) is 0 Å². The van der Waals surface area contributed by atoms with E-state index in [9.17, 15) is 9.59 Å². The zero-order valence-electron chi connectivity index (χ0n) is 13.8. The fraction of sp³-hybridized carbons (Fsp3) is 0.562. The summed E-state index contributed by atoms with van der Waals surface area (Å²) in [6.07, 6.45) is 3.25. The molecule has 0 aromatic carbocycles. The number of carbonyl (C=O) groups excluding carboxylic acids is 1. The van der Waals surface area contributed by atoms with Gasteiger partial charge in [0.2, 0.25) is 0 Å². The number of carbonyl (C=O) groups is 2. The van der Waals surface area contributed by atoms with E-state index >= 15 is 0 Å². The summed E-state index contributed by atoms with van der Waals surface area (Å²) in [6.45, 7) is 4.57. The average Bonchev–Trinajstić information content (AvgIpc) is 2.48. The summed E-state index contributed by atoms with van der Waals surface area (Å²) in [6, 6.07) is 3.64. The topological polar surface area (TPSA) is 94.6 Å². The van der Waals surface area contributed by atoms with Gasteiger partial charge in [-0.05, 0) is 54.4 Å². The maximum atomic E-state index is 12.1. The Balaban J connectivity index is 1.74. The van der Waals surface area contributed by atoms with Crippen molar-refractivity contribution in [2.45, 2.75) is 44.8 Å². The smallest absolute Gasteiger partial charge is 0.317 e. The highest BCUT2D eigenvalue weighted by Crippen LogP contribution is 2.25. The van der Waals surface area contributed by atoms with Crippen LogP contribution in [0.5, 0.6) is 0 Å². The van der Waals surface area contributed by atoms with Gasteiger partial charge < -0.3 is 15.7 Å². The van der Waals surface area contributed by atoms with Gasteiger partial charge in [0.05, 0.1) is 18.3 Å². The molecule has 1 unspecified atom stereocenters. The molecule has 1 fully saturated rings. The molecule has 1 aliphatic rings. The number of aliphatic carboxylic acids is 1. The molecule has 1 aromatic rings. The van der Waals surface area contributed by atoms with E-state index in [0.717, 1.165) is 23.0 Å². The molecule has 3 N–H and O–H groups in total. The first-order valence-electron chi connectivity index (χ1n) is 8.03. The number of rotatable bonds is 7. The van der Waals surface area contributed by atoms with E-state index in [4.69, 9.17) is 5.11 Å². The Kier molecular flexibility index (Phi) is 6.56. The molecule has 8 heteroatoms. The van der Waals surface area contributed by atoms with Crippen LogP contribution in [0.3, 0.4) is 0 Å². The number of nitrogens with one attached hydrogen (secondary N) is 2. The quantitative estimate of drug-likeness (QED) is 0.653. The molecular formula is C16H23BrN4O3. The lowest BCUT2D eigenvalue weighted by Gasteiger charge is -2.42. The van der Waals surface area contributed by atoms with Crippen molar-refractivity contribution in [3.05, 3.63) is 28.5 Å². The second kappa shape index (κ2) is 8.43. The first kappa shape index (κ1) is 18.7. The summed E-state index contributed by atoms with van der Waals surface area (Å²) in [4.78, 5) is 29.1. The second-order valence-corrected chi connectivity index (χ2v) is 6.94. The van der Waals surface area contributed by atoms with Crippen LogP contribution in [0.1, 0.15) is 38.4 Å². The predicted molar refractivity (Wildman–Crippen MR) is 93.7 cm³/mol. The molecule has 0 radical (unpaired) electrons. The van der Waals surface area contributed by atoms with Gasteiger partial charge in [-0.25, -0.2) is 4.79 Å². The lowest BCUT2D eigenvalue weighted by Crippen LogP contribution is -2.56. The fourth-order valence-electron chi connectivity index (χ4n) is 2.82. The Labute approximate surface area is 150 Å². The summed E-state index contributed by atoms with van der Waals surface area (Å²) >= 11 is 3.33. The van der Waals surface area contributed by atoms with Gasteiger partial charge in [0.25, 0.3) is 0 Å². The van der Waals surface area contributed by atoms with Crippen LogP contribution in [0, 0.1) is 0 Å². The van der Waals surface area contributed by atoms with Crippen LogP contribution in [0.2, 0.25) is 0 Å². The monoisotopic (exact) mass is 398 g/mol. The molecular weight excluding hydrogens is 376 g/mol. The summed E-state index contributed by atoms with van der Waals surface area (Å²) in [5, 5.41) is 14.7. The molecule has 0 spiro atoms. The lowest BCUT2D eigenvalue weighted by molar-refractivity contribution is -0.139. The Morgan fingerprint density at radius 3 is 2.71 bits per heavy atom.